The molecule has 1 aliphatic carbocycles. The third kappa shape index (κ3) is 2.67. The molecule has 3 nitrogen and oxygen atoms in total. The molecule has 0 atom stereocenters. The van der Waals surface area contributed by atoms with Crippen molar-refractivity contribution >= 4 is 11.5 Å². The minimum atomic E-state index is 0.00562. The van der Waals surface area contributed by atoms with Gasteiger partial charge in [-0.1, -0.05) is 0 Å². The van der Waals surface area contributed by atoms with E-state index in [2.05, 4.69) is 0 Å². The van der Waals surface area contributed by atoms with Crippen LogP contribution in [0, 0.1) is 6.92 Å². The van der Waals surface area contributed by atoms with E-state index in [0.29, 0.717) is 22.9 Å². The standard InChI is InChI=1S/C17H17NO2/c1-11-10-13(4-9-16(11)18)17(19)12-2-5-14(6-3-12)20-15-7-8-15/h2-6,9-10,15H,7-8,18H2,1H3. The molecule has 0 heterocycles. The van der Waals surface area contributed by atoms with Crippen molar-refractivity contribution < 1.29 is 9.53 Å². The average molecular weight is 267 g/mol. The van der Waals surface area contributed by atoms with Gasteiger partial charge in [0.15, 0.2) is 5.78 Å². The second-order valence-electron chi connectivity index (χ2n) is 5.24. The maximum absolute atomic E-state index is 12.4. The van der Waals surface area contributed by atoms with Crippen molar-refractivity contribution in [2.24, 2.45) is 0 Å². The van der Waals surface area contributed by atoms with E-state index < -0.39 is 0 Å². The normalized spacial score (nSPS) is 14.1. The topological polar surface area (TPSA) is 52.3 Å². The molecule has 20 heavy (non-hydrogen) atoms. The van der Waals surface area contributed by atoms with Crippen LogP contribution in [0.1, 0.15) is 34.3 Å². The monoisotopic (exact) mass is 267 g/mol. The number of hydrogen-bond acceptors (Lipinski definition) is 3. The third-order valence-electron chi connectivity index (χ3n) is 3.48. The Hall–Kier alpha value is -2.29. The Morgan fingerprint density at radius 3 is 2.35 bits per heavy atom. The van der Waals surface area contributed by atoms with E-state index in [0.717, 1.165) is 24.2 Å². The van der Waals surface area contributed by atoms with Crippen LogP contribution in [0.3, 0.4) is 0 Å². The van der Waals surface area contributed by atoms with Crippen LogP contribution in [0.15, 0.2) is 42.5 Å². The molecule has 0 spiro atoms. The fourth-order valence-electron chi connectivity index (χ4n) is 2.05. The van der Waals surface area contributed by atoms with Gasteiger partial charge in [-0.3, -0.25) is 4.79 Å². The van der Waals surface area contributed by atoms with Crippen molar-refractivity contribution in [3.63, 3.8) is 0 Å². The van der Waals surface area contributed by atoms with Crippen molar-refractivity contribution in [3.8, 4) is 5.75 Å². The first-order valence-corrected chi connectivity index (χ1v) is 6.81. The number of aryl methyl sites for hydroxylation is 1. The molecule has 1 aliphatic rings. The second-order valence-corrected chi connectivity index (χ2v) is 5.24. The second kappa shape index (κ2) is 5.00. The molecule has 102 valence electrons. The summed E-state index contributed by atoms with van der Waals surface area (Å²) in [7, 11) is 0. The van der Waals surface area contributed by atoms with E-state index in [4.69, 9.17) is 10.5 Å². The minimum absolute atomic E-state index is 0.00562. The third-order valence-corrected chi connectivity index (χ3v) is 3.48. The Morgan fingerprint density at radius 1 is 1.10 bits per heavy atom. The van der Waals surface area contributed by atoms with Gasteiger partial charge in [0.2, 0.25) is 0 Å². The summed E-state index contributed by atoms with van der Waals surface area (Å²) >= 11 is 0. The number of nitrogen functional groups attached to an aromatic ring is 1. The van der Waals surface area contributed by atoms with Gasteiger partial charge < -0.3 is 10.5 Å². The minimum Gasteiger partial charge on any atom is -0.490 e. The summed E-state index contributed by atoms with van der Waals surface area (Å²) in [5, 5.41) is 0. The lowest BCUT2D eigenvalue weighted by molar-refractivity contribution is 0.103. The van der Waals surface area contributed by atoms with Gasteiger partial charge in [-0.2, -0.15) is 0 Å². The molecule has 0 aliphatic heterocycles. The Bertz CT molecular complexity index is 643. The van der Waals surface area contributed by atoms with Gasteiger partial charge in [0.1, 0.15) is 5.75 Å². The van der Waals surface area contributed by atoms with Gasteiger partial charge in [0.05, 0.1) is 6.10 Å². The zero-order valence-corrected chi connectivity index (χ0v) is 11.4. The van der Waals surface area contributed by atoms with Gasteiger partial charge in [0.25, 0.3) is 0 Å². The maximum Gasteiger partial charge on any atom is 0.193 e. The number of ether oxygens (including phenoxy) is 1. The molecule has 0 saturated heterocycles. The lowest BCUT2D eigenvalue weighted by Gasteiger charge is -2.07. The predicted molar refractivity (Wildman–Crippen MR) is 79.1 cm³/mol. The number of anilines is 1. The van der Waals surface area contributed by atoms with Crippen LogP contribution in [0.2, 0.25) is 0 Å². The molecule has 1 saturated carbocycles. The van der Waals surface area contributed by atoms with Crippen LogP contribution < -0.4 is 10.5 Å². The van der Waals surface area contributed by atoms with E-state index >= 15 is 0 Å². The Kier molecular flexibility index (Phi) is 3.18. The Morgan fingerprint density at radius 2 is 1.75 bits per heavy atom. The van der Waals surface area contributed by atoms with Crippen LogP contribution in [0.5, 0.6) is 5.75 Å². The first kappa shape index (κ1) is 12.7. The highest BCUT2D eigenvalue weighted by atomic mass is 16.5. The number of hydrogen-bond donors (Lipinski definition) is 1. The number of rotatable bonds is 4. The summed E-state index contributed by atoms with van der Waals surface area (Å²) in [6.07, 6.45) is 2.63. The number of benzene rings is 2. The predicted octanol–water partition coefficient (Wildman–Crippen LogP) is 3.35. The lowest BCUT2D eigenvalue weighted by Crippen LogP contribution is -2.03. The first-order valence-electron chi connectivity index (χ1n) is 6.81. The summed E-state index contributed by atoms with van der Waals surface area (Å²) in [6.45, 7) is 1.90. The molecule has 1 fully saturated rings. The smallest absolute Gasteiger partial charge is 0.193 e. The average Bonchev–Trinajstić information content (AvgIpc) is 3.26. The molecule has 3 heteroatoms. The summed E-state index contributed by atoms with van der Waals surface area (Å²) < 4.78 is 5.67. The summed E-state index contributed by atoms with van der Waals surface area (Å²) in [5.74, 6) is 0.837. The van der Waals surface area contributed by atoms with Crippen LogP contribution in [-0.2, 0) is 0 Å². The molecule has 0 unspecified atom stereocenters. The number of nitrogens with two attached hydrogens (primary N) is 1. The maximum atomic E-state index is 12.4. The van der Waals surface area contributed by atoms with Crippen LogP contribution >= 0.6 is 0 Å². The zero-order valence-electron chi connectivity index (χ0n) is 11.4. The molecule has 3 rings (SSSR count). The number of ketones is 1. The van der Waals surface area contributed by atoms with Crippen molar-refractivity contribution in [2.75, 3.05) is 5.73 Å². The Labute approximate surface area is 118 Å². The molecule has 2 N–H and O–H groups in total. The molecule has 0 aromatic heterocycles. The SMILES string of the molecule is Cc1cc(C(=O)c2ccc(OC3CC3)cc2)ccc1N. The number of carbonyl (C=O) groups is 1. The molecule has 2 aromatic rings. The largest absolute Gasteiger partial charge is 0.490 e. The van der Waals surface area contributed by atoms with E-state index in [1.54, 1.807) is 12.1 Å². The Balaban J connectivity index is 1.80. The van der Waals surface area contributed by atoms with Crippen molar-refractivity contribution in [1.82, 2.24) is 0 Å². The molecule has 0 bridgehead atoms. The highest BCUT2D eigenvalue weighted by Crippen LogP contribution is 2.27. The highest BCUT2D eigenvalue weighted by Gasteiger charge is 2.23. The molecule has 0 radical (unpaired) electrons. The van der Waals surface area contributed by atoms with E-state index in [1.807, 2.05) is 37.3 Å². The summed E-state index contributed by atoms with van der Waals surface area (Å²) in [4.78, 5) is 12.4. The van der Waals surface area contributed by atoms with Crippen LogP contribution in [0.4, 0.5) is 5.69 Å². The van der Waals surface area contributed by atoms with Gasteiger partial charge in [-0.25, -0.2) is 0 Å². The molecular weight excluding hydrogens is 250 g/mol. The van der Waals surface area contributed by atoms with Crippen molar-refractivity contribution in [3.05, 3.63) is 59.2 Å². The van der Waals surface area contributed by atoms with Gasteiger partial charge >= 0.3 is 0 Å². The fraction of sp³-hybridized carbons (Fsp3) is 0.235. The van der Waals surface area contributed by atoms with Crippen LogP contribution in [-0.4, -0.2) is 11.9 Å². The van der Waals surface area contributed by atoms with Crippen LogP contribution in [0.25, 0.3) is 0 Å². The number of carbonyl (C=O) groups excluding carboxylic acids is 1. The quantitative estimate of drug-likeness (QED) is 0.682. The highest BCUT2D eigenvalue weighted by molar-refractivity contribution is 6.09. The van der Waals surface area contributed by atoms with Crippen molar-refractivity contribution in [1.29, 1.82) is 0 Å². The lowest BCUT2D eigenvalue weighted by atomic mass is 10.0. The zero-order chi connectivity index (χ0) is 14.1. The summed E-state index contributed by atoms with van der Waals surface area (Å²) in [6, 6.07) is 12.7. The van der Waals surface area contributed by atoms with Gasteiger partial charge in [-0.05, 0) is 67.8 Å². The van der Waals surface area contributed by atoms with Crippen molar-refractivity contribution in [2.45, 2.75) is 25.9 Å². The van der Waals surface area contributed by atoms with E-state index in [9.17, 15) is 4.79 Å². The fourth-order valence-corrected chi connectivity index (χ4v) is 2.05. The summed E-state index contributed by atoms with van der Waals surface area (Å²) in [5.41, 5.74) is 8.72. The van der Waals surface area contributed by atoms with E-state index in [-0.39, 0.29) is 5.78 Å². The molecule has 0 amide bonds. The molecular formula is C17H17NO2. The molecule has 2 aromatic carbocycles. The van der Waals surface area contributed by atoms with E-state index in [1.165, 1.54) is 0 Å². The van der Waals surface area contributed by atoms with Gasteiger partial charge in [0, 0.05) is 16.8 Å². The first-order chi connectivity index (χ1) is 9.63. The van der Waals surface area contributed by atoms with Gasteiger partial charge in [-0.15, -0.1) is 0 Å².